The summed E-state index contributed by atoms with van der Waals surface area (Å²) in [6.45, 7) is 1.87. The van der Waals surface area contributed by atoms with Crippen molar-refractivity contribution in [3.8, 4) is 5.75 Å². The fraction of sp³-hybridized carbons (Fsp3) is 0.375. The van der Waals surface area contributed by atoms with Gasteiger partial charge in [0.2, 0.25) is 0 Å². The lowest BCUT2D eigenvalue weighted by Gasteiger charge is -2.04. The number of ether oxygens (including phenoxy) is 1. The Bertz CT molecular complexity index is 248. The molecule has 0 amide bonds. The summed E-state index contributed by atoms with van der Waals surface area (Å²) >= 11 is 0. The van der Waals surface area contributed by atoms with Crippen LogP contribution in [-0.4, -0.2) is 17.2 Å². The zero-order valence-electron chi connectivity index (χ0n) is 6.66. The average molecular weight is 153 g/mol. The quantitative estimate of drug-likeness (QED) is 0.686. The minimum atomic E-state index is -0.00741. The predicted molar refractivity (Wildman–Crippen MR) is 41.4 cm³/mol. The summed E-state index contributed by atoms with van der Waals surface area (Å²) < 4.78 is 4.97. The van der Waals surface area contributed by atoms with Gasteiger partial charge in [0.25, 0.3) is 0 Å². The second kappa shape index (κ2) is 3.34. The molecule has 0 spiro atoms. The van der Waals surface area contributed by atoms with Gasteiger partial charge in [-0.1, -0.05) is 0 Å². The van der Waals surface area contributed by atoms with E-state index in [2.05, 4.69) is 4.98 Å². The van der Waals surface area contributed by atoms with Crippen LogP contribution in [0.3, 0.4) is 0 Å². The first kappa shape index (κ1) is 8.01. The number of hydrogen-bond acceptors (Lipinski definition) is 3. The second-order valence-corrected chi connectivity index (χ2v) is 2.30. The largest absolute Gasteiger partial charge is 0.495 e. The molecule has 3 nitrogen and oxygen atoms in total. The second-order valence-electron chi connectivity index (χ2n) is 2.30. The lowest BCUT2D eigenvalue weighted by molar-refractivity contribution is 0.273. The minimum Gasteiger partial charge on any atom is -0.495 e. The monoisotopic (exact) mass is 153 g/mol. The number of nitrogens with zero attached hydrogens (tertiary/aromatic N) is 1. The fourth-order valence-corrected chi connectivity index (χ4v) is 0.911. The van der Waals surface area contributed by atoms with Crippen molar-refractivity contribution >= 4 is 0 Å². The van der Waals surface area contributed by atoms with Gasteiger partial charge in [0.05, 0.1) is 19.9 Å². The maximum Gasteiger partial charge on any atom is 0.142 e. The summed E-state index contributed by atoms with van der Waals surface area (Å²) in [5.74, 6) is 0.637. The summed E-state index contributed by atoms with van der Waals surface area (Å²) in [6, 6.07) is 1.80. The lowest BCUT2D eigenvalue weighted by atomic mass is 10.2. The Balaban J connectivity index is 3.06. The highest BCUT2D eigenvalue weighted by Gasteiger charge is 2.00. The van der Waals surface area contributed by atoms with Gasteiger partial charge in [0.15, 0.2) is 0 Å². The number of rotatable bonds is 2. The van der Waals surface area contributed by atoms with Crippen LogP contribution in [0.2, 0.25) is 0 Å². The van der Waals surface area contributed by atoms with E-state index in [4.69, 9.17) is 9.84 Å². The third kappa shape index (κ3) is 1.68. The van der Waals surface area contributed by atoms with Crippen LogP contribution < -0.4 is 4.74 Å². The minimum absolute atomic E-state index is 0.00741. The molecule has 3 heteroatoms. The number of aliphatic hydroxyl groups is 1. The highest BCUT2D eigenvalue weighted by atomic mass is 16.5. The molecule has 0 aliphatic carbocycles. The molecule has 1 rings (SSSR count). The standard InChI is InChI=1S/C8H11NO2/c1-6-3-7(5-10)8(11-2)4-9-6/h3-4,10H,5H2,1-2H3. The summed E-state index contributed by atoms with van der Waals surface area (Å²) in [6.07, 6.45) is 1.61. The van der Waals surface area contributed by atoms with E-state index < -0.39 is 0 Å². The summed E-state index contributed by atoms with van der Waals surface area (Å²) in [5.41, 5.74) is 1.66. The van der Waals surface area contributed by atoms with E-state index in [9.17, 15) is 0 Å². The lowest BCUT2D eigenvalue weighted by Crippen LogP contribution is -1.94. The van der Waals surface area contributed by atoms with E-state index >= 15 is 0 Å². The van der Waals surface area contributed by atoms with E-state index in [1.54, 1.807) is 19.4 Å². The first-order valence-electron chi connectivity index (χ1n) is 3.38. The fourth-order valence-electron chi connectivity index (χ4n) is 0.911. The molecule has 0 aliphatic rings. The molecule has 1 aromatic rings. The van der Waals surface area contributed by atoms with E-state index in [0.717, 1.165) is 11.3 Å². The first-order chi connectivity index (χ1) is 5.27. The molecule has 1 aromatic heterocycles. The normalized spacial score (nSPS) is 9.73. The van der Waals surface area contributed by atoms with Crippen molar-refractivity contribution < 1.29 is 9.84 Å². The molecular formula is C8H11NO2. The van der Waals surface area contributed by atoms with Gasteiger partial charge in [-0.15, -0.1) is 0 Å². The highest BCUT2D eigenvalue weighted by molar-refractivity contribution is 5.31. The van der Waals surface area contributed by atoms with Crippen LogP contribution in [0.15, 0.2) is 12.3 Å². The third-order valence-corrected chi connectivity index (χ3v) is 1.48. The van der Waals surface area contributed by atoms with Gasteiger partial charge >= 0.3 is 0 Å². The zero-order chi connectivity index (χ0) is 8.27. The molecular weight excluding hydrogens is 142 g/mol. The summed E-state index contributed by atoms with van der Waals surface area (Å²) in [4.78, 5) is 4.02. The van der Waals surface area contributed by atoms with Crippen LogP contribution in [0.1, 0.15) is 11.3 Å². The number of aromatic nitrogens is 1. The van der Waals surface area contributed by atoms with Gasteiger partial charge in [-0.25, -0.2) is 0 Å². The van der Waals surface area contributed by atoms with Crippen LogP contribution in [-0.2, 0) is 6.61 Å². The summed E-state index contributed by atoms with van der Waals surface area (Å²) in [7, 11) is 1.56. The van der Waals surface area contributed by atoms with Crippen molar-refractivity contribution in [1.29, 1.82) is 0 Å². The molecule has 0 radical (unpaired) electrons. The molecule has 0 atom stereocenters. The van der Waals surface area contributed by atoms with Gasteiger partial charge in [0, 0.05) is 11.3 Å². The van der Waals surface area contributed by atoms with Crippen molar-refractivity contribution in [2.45, 2.75) is 13.5 Å². The van der Waals surface area contributed by atoms with Gasteiger partial charge in [-0.05, 0) is 13.0 Å². The number of methoxy groups -OCH3 is 1. The number of aryl methyl sites for hydroxylation is 1. The molecule has 60 valence electrons. The molecule has 1 N–H and O–H groups in total. The molecule has 1 heterocycles. The van der Waals surface area contributed by atoms with Crippen molar-refractivity contribution in [1.82, 2.24) is 4.98 Å². The van der Waals surface area contributed by atoms with Gasteiger partial charge in [-0.2, -0.15) is 0 Å². The molecule has 0 unspecified atom stereocenters. The maximum atomic E-state index is 8.87. The smallest absolute Gasteiger partial charge is 0.142 e. The van der Waals surface area contributed by atoms with Crippen molar-refractivity contribution in [2.24, 2.45) is 0 Å². The Kier molecular flexibility index (Phi) is 2.44. The van der Waals surface area contributed by atoms with Crippen molar-refractivity contribution in [3.63, 3.8) is 0 Å². The number of pyridine rings is 1. The zero-order valence-corrected chi connectivity index (χ0v) is 6.66. The first-order valence-corrected chi connectivity index (χ1v) is 3.38. The number of hydrogen-bond donors (Lipinski definition) is 1. The van der Waals surface area contributed by atoms with E-state index in [-0.39, 0.29) is 6.61 Å². The highest BCUT2D eigenvalue weighted by Crippen LogP contribution is 2.16. The molecule has 0 fully saturated rings. The Morgan fingerprint density at radius 2 is 2.36 bits per heavy atom. The SMILES string of the molecule is COc1cnc(C)cc1CO. The molecule has 0 saturated carbocycles. The topological polar surface area (TPSA) is 42.4 Å². The Hall–Kier alpha value is -1.09. The predicted octanol–water partition coefficient (Wildman–Crippen LogP) is 0.891. The molecule has 11 heavy (non-hydrogen) atoms. The van der Waals surface area contributed by atoms with Crippen LogP contribution in [0.25, 0.3) is 0 Å². The third-order valence-electron chi connectivity index (χ3n) is 1.48. The molecule has 0 aromatic carbocycles. The van der Waals surface area contributed by atoms with E-state index in [1.807, 2.05) is 6.92 Å². The maximum absolute atomic E-state index is 8.87. The molecule has 0 aliphatic heterocycles. The Labute approximate surface area is 65.7 Å². The van der Waals surface area contributed by atoms with E-state index in [0.29, 0.717) is 5.75 Å². The number of aliphatic hydroxyl groups excluding tert-OH is 1. The Morgan fingerprint density at radius 3 is 2.91 bits per heavy atom. The van der Waals surface area contributed by atoms with Gasteiger partial charge < -0.3 is 9.84 Å². The van der Waals surface area contributed by atoms with Crippen molar-refractivity contribution in [2.75, 3.05) is 7.11 Å². The van der Waals surface area contributed by atoms with Crippen molar-refractivity contribution in [3.05, 3.63) is 23.5 Å². The van der Waals surface area contributed by atoms with Gasteiger partial charge in [0.1, 0.15) is 5.75 Å². The average Bonchev–Trinajstić information content (AvgIpc) is 2.04. The van der Waals surface area contributed by atoms with Crippen LogP contribution in [0, 0.1) is 6.92 Å². The van der Waals surface area contributed by atoms with E-state index in [1.165, 1.54) is 0 Å². The summed E-state index contributed by atoms with van der Waals surface area (Å²) in [5, 5.41) is 8.87. The van der Waals surface area contributed by atoms with Gasteiger partial charge in [-0.3, -0.25) is 4.98 Å². The molecule has 0 saturated heterocycles. The van der Waals surface area contributed by atoms with Crippen LogP contribution >= 0.6 is 0 Å². The van der Waals surface area contributed by atoms with Crippen LogP contribution in [0.4, 0.5) is 0 Å². The van der Waals surface area contributed by atoms with Crippen LogP contribution in [0.5, 0.6) is 5.75 Å². The molecule has 0 bridgehead atoms. The Morgan fingerprint density at radius 1 is 1.64 bits per heavy atom.